The van der Waals surface area contributed by atoms with Crippen LogP contribution in [-0.2, 0) is 9.47 Å². The molecular formula is C14H29NO2. The van der Waals surface area contributed by atoms with E-state index in [2.05, 4.69) is 19.2 Å². The summed E-state index contributed by atoms with van der Waals surface area (Å²) in [7, 11) is 1.75. The van der Waals surface area contributed by atoms with Crippen molar-refractivity contribution in [3.05, 3.63) is 0 Å². The molecule has 1 N–H and O–H groups in total. The molecule has 1 rings (SSSR count). The fraction of sp³-hybridized carbons (Fsp3) is 1.00. The van der Waals surface area contributed by atoms with E-state index in [9.17, 15) is 0 Å². The van der Waals surface area contributed by atoms with Gasteiger partial charge in [-0.25, -0.2) is 0 Å². The van der Waals surface area contributed by atoms with Gasteiger partial charge in [-0.3, -0.25) is 0 Å². The Bertz CT molecular complexity index is 187. The fourth-order valence-electron chi connectivity index (χ4n) is 2.55. The molecule has 0 spiro atoms. The first-order valence-electron chi connectivity index (χ1n) is 7.11. The summed E-state index contributed by atoms with van der Waals surface area (Å²) in [4.78, 5) is 0. The van der Waals surface area contributed by atoms with Gasteiger partial charge >= 0.3 is 0 Å². The Balaban J connectivity index is 2.26. The maximum atomic E-state index is 6.16. The van der Waals surface area contributed by atoms with E-state index in [4.69, 9.17) is 9.47 Å². The van der Waals surface area contributed by atoms with Gasteiger partial charge in [-0.1, -0.05) is 26.7 Å². The van der Waals surface area contributed by atoms with E-state index >= 15 is 0 Å². The molecule has 0 saturated heterocycles. The minimum absolute atomic E-state index is 0.210. The van der Waals surface area contributed by atoms with E-state index in [0.717, 1.165) is 19.0 Å². The van der Waals surface area contributed by atoms with Gasteiger partial charge in [-0.2, -0.15) is 0 Å². The lowest BCUT2D eigenvalue weighted by Gasteiger charge is -2.30. The zero-order valence-corrected chi connectivity index (χ0v) is 11.7. The van der Waals surface area contributed by atoms with Crippen LogP contribution in [0.2, 0.25) is 0 Å². The van der Waals surface area contributed by atoms with Gasteiger partial charge in [0, 0.05) is 13.7 Å². The van der Waals surface area contributed by atoms with Gasteiger partial charge in [-0.15, -0.1) is 0 Å². The molecule has 0 heterocycles. The highest BCUT2D eigenvalue weighted by atomic mass is 16.5. The van der Waals surface area contributed by atoms with Gasteiger partial charge in [0.1, 0.15) is 0 Å². The van der Waals surface area contributed by atoms with Crippen molar-refractivity contribution in [1.29, 1.82) is 0 Å². The number of ether oxygens (including phenoxy) is 2. The minimum Gasteiger partial charge on any atom is -0.382 e. The van der Waals surface area contributed by atoms with Gasteiger partial charge < -0.3 is 14.8 Å². The Morgan fingerprint density at radius 2 is 2.18 bits per heavy atom. The average Bonchev–Trinajstić information content (AvgIpc) is 2.29. The third kappa shape index (κ3) is 6.39. The van der Waals surface area contributed by atoms with Crippen molar-refractivity contribution in [2.45, 2.75) is 58.2 Å². The first kappa shape index (κ1) is 14.9. The van der Waals surface area contributed by atoms with Crippen molar-refractivity contribution in [1.82, 2.24) is 5.32 Å². The van der Waals surface area contributed by atoms with Crippen LogP contribution in [-0.4, -0.2) is 39.0 Å². The maximum Gasteiger partial charge on any atom is 0.0936 e. The van der Waals surface area contributed by atoms with Crippen LogP contribution in [0, 0.1) is 5.92 Å². The summed E-state index contributed by atoms with van der Waals surface area (Å²) in [5.74, 6) is 0.820. The lowest BCUT2D eigenvalue weighted by Crippen LogP contribution is -2.37. The SMILES string of the molecule is CCCNCC(COC)OC1CCCC(C)C1. The van der Waals surface area contributed by atoms with Crippen molar-refractivity contribution in [3.8, 4) is 0 Å². The zero-order chi connectivity index (χ0) is 12.5. The summed E-state index contributed by atoms with van der Waals surface area (Å²) < 4.78 is 11.4. The van der Waals surface area contributed by atoms with Crippen molar-refractivity contribution in [2.75, 3.05) is 26.8 Å². The molecule has 0 radical (unpaired) electrons. The number of rotatable bonds is 8. The molecule has 17 heavy (non-hydrogen) atoms. The molecule has 1 fully saturated rings. The van der Waals surface area contributed by atoms with Crippen molar-refractivity contribution >= 4 is 0 Å². The second-order valence-corrected chi connectivity index (χ2v) is 5.31. The molecule has 3 nitrogen and oxygen atoms in total. The maximum absolute atomic E-state index is 6.16. The normalized spacial score (nSPS) is 27.0. The van der Waals surface area contributed by atoms with Crippen LogP contribution in [0.4, 0.5) is 0 Å². The van der Waals surface area contributed by atoms with Gasteiger partial charge in [0.25, 0.3) is 0 Å². The molecule has 3 unspecified atom stereocenters. The van der Waals surface area contributed by atoms with Gasteiger partial charge in [0.15, 0.2) is 0 Å². The Hall–Kier alpha value is -0.120. The predicted molar refractivity (Wildman–Crippen MR) is 71.3 cm³/mol. The van der Waals surface area contributed by atoms with E-state index in [0.29, 0.717) is 12.7 Å². The molecule has 102 valence electrons. The van der Waals surface area contributed by atoms with E-state index in [-0.39, 0.29) is 6.10 Å². The van der Waals surface area contributed by atoms with E-state index in [1.54, 1.807) is 7.11 Å². The highest BCUT2D eigenvalue weighted by molar-refractivity contribution is 4.73. The lowest BCUT2D eigenvalue weighted by molar-refractivity contribution is -0.0657. The highest BCUT2D eigenvalue weighted by Crippen LogP contribution is 2.26. The monoisotopic (exact) mass is 243 g/mol. The molecule has 1 saturated carbocycles. The fourth-order valence-corrected chi connectivity index (χ4v) is 2.55. The Kier molecular flexibility index (Phi) is 7.82. The van der Waals surface area contributed by atoms with Crippen LogP contribution in [0.1, 0.15) is 46.0 Å². The van der Waals surface area contributed by atoms with E-state index < -0.39 is 0 Å². The topological polar surface area (TPSA) is 30.5 Å². The summed E-state index contributed by atoms with van der Waals surface area (Å²) in [6.07, 6.45) is 6.94. The second-order valence-electron chi connectivity index (χ2n) is 5.31. The summed E-state index contributed by atoms with van der Waals surface area (Å²) >= 11 is 0. The Morgan fingerprint density at radius 1 is 1.35 bits per heavy atom. The van der Waals surface area contributed by atoms with Crippen LogP contribution < -0.4 is 5.32 Å². The third-order valence-corrected chi connectivity index (χ3v) is 3.42. The van der Waals surface area contributed by atoms with Crippen molar-refractivity contribution in [2.24, 2.45) is 5.92 Å². The molecule has 0 bridgehead atoms. The Morgan fingerprint density at radius 3 is 2.82 bits per heavy atom. The number of hydrogen-bond donors (Lipinski definition) is 1. The average molecular weight is 243 g/mol. The first-order chi connectivity index (χ1) is 8.26. The predicted octanol–water partition coefficient (Wildman–Crippen LogP) is 2.60. The molecule has 0 aromatic carbocycles. The van der Waals surface area contributed by atoms with Crippen LogP contribution in [0.3, 0.4) is 0 Å². The molecular weight excluding hydrogens is 214 g/mol. The summed E-state index contributed by atoms with van der Waals surface area (Å²) in [5.41, 5.74) is 0. The summed E-state index contributed by atoms with van der Waals surface area (Å²) in [5, 5.41) is 3.42. The van der Waals surface area contributed by atoms with E-state index in [1.165, 1.54) is 32.1 Å². The number of hydrogen-bond acceptors (Lipinski definition) is 3. The van der Waals surface area contributed by atoms with Crippen LogP contribution in [0.15, 0.2) is 0 Å². The molecule has 0 amide bonds. The molecule has 1 aliphatic rings. The van der Waals surface area contributed by atoms with Crippen LogP contribution >= 0.6 is 0 Å². The van der Waals surface area contributed by atoms with Crippen LogP contribution in [0.25, 0.3) is 0 Å². The highest BCUT2D eigenvalue weighted by Gasteiger charge is 2.22. The zero-order valence-electron chi connectivity index (χ0n) is 11.7. The van der Waals surface area contributed by atoms with Crippen molar-refractivity contribution < 1.29 is 9.47 Å². The minimum atomic E-state index is 0.210. The first-order valence-corrected chi connectivity index (χ1v) is 7.11. The molecule has 0 aromatic rings. The quantitative estimate of drug-likeness (QED) is 0.665. The third-order valence-electron chi connectivity index (χ3n) is 3.42. The van der Waals surface area contributed by atoms with Crippen LogP contribution in [0.5, 0.6) is 0 Å². The van der Waals surface area contributed by atoms with Crippen molar-refractivity contribution in [3.63, 3.8) is 0 Å². The summed E-state index contributed by atoms with van der Waals surface area (Å²) in [6, 6.07) is 0. The van der Waals surface area contributed by atoms with E-state index in [1.807, 2.05) is 0 Å². The number of methoxy groups -OCH3 is 1. The van der Waals surface area contributed by atoms with Gasteiger partial charge in [0.2, 0.25) is 0 Å². The molecule has 0 aliphatic heterocycles. The molecule has 1 aliphatic carbocycles. The smallest absolute Gasteiger partial charge is 0.0936 e. The molecule has 3 heteroatoms. The number of nitrogens with one attached hydrogen (secondary N) is 1. The Labute approximate surface area is 106 Å². The lowest BCUT2D eigenvalue weighted by atomic mass is 9.88. The second kappa shape index (κ2) is 8.90. The summed E-state index contributed by atoms with van der Waals surface area (Å²) in [6.45, 7) is 7.18. The largest absolute Gasteiger partial charge is 0.382 e. The molecule has 0 aromatic heterocycles. The van der Waals surface area contributed by atoms with Gasteiger partial charge in [-0.05, 0) is 31.7 Å². The standard InChI is InChI=1S/C14H29NO2/c1-4-8-15-10-14(11-16-3)17-13-7-5-6-12(2)9-13/h12-15H,4-11H2,1-3H3. The van der Waals surface area contributed by atoms with Gasteiger partial charge in [0.05, 0.1) is 18.8 Å². The molecule has 3 atom stereocenters.